The maximum atomic E-state index is 10.4. The van der Waals surface area contributed by atoms with Crippen molar-refractivity contribution in [3.63, 3.8) is 0 Å². The molecule has 1 saturated carbocycles. The van der Waals surface area contributed by atoms with Crippen molar-refractivity contribution in [3.05, 3.63) is 71.8 Å². The maximum absolute atomic E-state index is 10.4. The smallest absolute Gasteiger partial charge is 0.0828 e. The molecule has 146 valence electrons. The van der Waals surface area contributed by atoms with Gasteiger partial charge < -0.3 is 24.8 Å². The summed E-state index contributed by atoms with van der Waals surface area (Å²) in [6, 6.07) is 19.7. The first-order valence-electron chi connectivity index (χ1n) is 9.43. The average molecular weight is 372 g/mol. The van der Waals surface area contributed by atoms with Gasteiger partial charge in [0.1, 0.15) is 0 Å². The molecule has 1 aliphatic rings. The molecule has 2 aromatic rings. The number of aliphatic hydroxyl groups excluding tert-OH is 3. The van der Waals surface area contributed by atoms with E-state index in [1.54, 1.807) is 0 Å². The molecule has 5 nitrogen and oxygen atoms in total. The number of ether oxygens (including phenoxy) is 2. The molecule has 1 aliphatic carbocycles. The molecule has 2 aromatic carbocycles. The predicted molar refractivity (Wildman–Crippen MR) is 102 cm³/mol. The Morgan fingerprint density at radius 2 is 1.52 bits per heavy atom. The Morgan fingerprint density at radius 1 is 0.926 bits per heavy atom. The van der Waals surface area contributed by atoms with E-state index in [0.717, 1.165) is 11.1 Å². The summed E-state index contributed by atoms with van der Waals surface area (Å²) in [6.45, 7) is 0.867. The number of benzene rings is 2. The van der Waals surface area contributed by atoms with Crippen LogP contribution >= 0.6 is 0 Å². The second-order valence-corrected chi connectivity index (χ2v) is 7.13. The van der Waals surface area contributed by atoms with E-state index < -0.39 is 18.1 Å². The number of aliphatic hydroxyl groups is 3. The fourth-order valence-electron chi connectivity index (χ4n) is 3.84. The normalized spacial score (nSPS) is 26.2. The molecule has 0 radical (unpaired) electrons. The van der Waals surface area contributed by atoms with Crippen molar-refractivity contribution in [2.24, 2.45) is 11.8 Å². The van der Waals surface area contributed by atoms with E-state index in [4.69, 9.17) is 9.47 Å². The number of hydrogen-bond donors (Lipinski definition) is 3. The largest absolute Gasteiger partial charge is 0.394 e. The van der Waals surface area contributed by atoms with Crippen molar-refractivity contribution in [1.29, 1.82) is 0 Å². The second-order valence-electron chi connectivity index (χ2n) is 7.13. The van der Waals surface area contributed by atoms with Crippen LogP contribution in [0.2, 0.25) is 0 Å². The number of rotatable bonds is 9. The van der Waals surface area contributed by atoms with Gasteiger partial charge >= 0.3 is 0 Å². The molecule has 0 amide bonds. The lowest BCUT2D eigenvalue weighted by molar-refractivity contribution is -0.0628. The zero-order valence-corrected chi connectivity index (χ0v) is 15.4. The van der Waals surface area contributed by atoms with Gasteiger partial charge in [0.25, 0.3) is 0 Å². The van der Waals surface area contributed by atoms with Crippen LogP contribution in [0.3, 0.4) is 0 Å². The minimum Gasteiger partial charge on any atom is -0.394 e. The van der Waals surface area contributed by atoms with Gasteiger partial charge in [-0.25, -0.2) is 0 Å². The lowest BCUT2D eigenvalue weighted by Gasteiger charge is -2.28. The molecule has 0 heterocycles. The van der Waals surface area contributed by atoms with E-state index in [2.05, 4.69) is 0 Å². The molecule has 0 spiro atoms. The van der Waals surface area contributed by atoms with Crippen LogP contribution in [0, 0.1) is 11.8 Å². The first-order valence-corrected chi connectivity index (χ1v) is 9.43. The summed E-state index contributed by atoms with van der Waals surface area (Å²) < 4.78 is 11.9. The van der Waals surface area contributed by atoms with Gasteiger partial charge in [0.2, 0.25) is 0 Å². The molecular formula is C22H28O5. The standard InChI is InChI=1S/C22H28O5/c23-12-20(25)22-18(15-26-13-16-7-3-1-4-8-16)21(11-19(22)24)27-14-17-9-5-2-6-10-17/h1-10,18-25H,11-15H2/t18-,19?,20?,21+,22+/m1/s1. The SMILES string of the molecule is OCC(O)[C@@H]1C(O)C[C@H](OCc2ccccc2)[C@H]1COCc1ccccc1. The van der Waals surface area contributed by atoms with Gasteiger partial charge in [-0.2, -0.15) is 0 Å². The predicted octanol–water partition coefficient (Wildman–Crippen LogP) is 2.14. The fraction of sp³-hybridized carbons (Fsp3) is 0.455. The summed E-state index contributed by atoms with van der Waals surface area (Å²) in [5.74, 6) is -0.652. The Labute approximate surface area is 160 Å². The van der Waals surface area contributed by atoms with Gasteiger partial charge in [-0.1, -0.05) is 60.7 Å². The lowest BCUT2D eigenvalue weighted by Crippen LogP contribution is -2.38. The van der Waals surface area contributed by atoms with Gasteiger partial charge in [-0.05, 0) is 11.1 Å². The minimum absolute atomic E-state index is 0.186. The number of hydrogen-bond acceptors (Lipinski definition) is 5. The van der Waals surface area contributed by atoms with Crippen molar-refractivity contribution >= 4 is 0 Å². The molecule has 0 aromatic heterocycles. The van der Waals surface area contributed by atoms with E-state index in [9.17, 15) is 15.3 Å². The first kappa shape index (κ1) is 20.0. The van der Waals surface area contributed by atoms with Crippen molar-refractivity contribution in [2.75, 3.05) is 13.2 Å². The maximum Gasteiger partial charge on any atom is 0.0828 e. The van der Waals surface area contributed by atoms with Crippen LogP contribution in [-0.2, 0) is 22.7 Å². The first-order chi connectivity index (χ1) is 13.2. The Balaban J connectivity index is 1.62. The molecule has 3 rings (SSSR count). The Hall–Kier alpha value is -1.76. The van der Waals surface area contributed by atoms with Crippen molar-refractivity contribution in [1.82, 2.24) is 0 Å². The third-order valence-corrected chi connectivity index (χ3v) is 5.25. The molecule has 27 heavy (non-hydrogen) atoms. The summed E-state index contributed by atoms with van der Waals surface area (Å²) in [5.41, 5.74) is 2.12. The average Bonchev–Trinajstić information content (AvgIpc) is 3.02. The van der Waals surface area contributed by atoms with E-state index in [0.29, 0.717) is 26.2 Å². The highest BCUT2D eigenvalue weighted by Crippen LogP contribution is 2.37. The van der Waals surface area contributed by atoms with Crippen LogP contribution in [-0.4, -0.2) is 46.8 Å². The molecule has 0 bridgehead atoms. The van der Waals surface area contributed by atoms with E-state index in [1.807, 2.05) is 60.7 Å². The van der Waals surface area contributed by atoms with Gasteiger partial charge in [0, 0.05) is 18.3 Å². The van der Waals surface area contributed by atoms with Gasteiger partial charge in [0.05, 0.1) is 44.7 Å². The molecule has 3 N–H and O–H groups in total. The molecule has 0 saturated heterocycles. The summed E-state index contributed by atoms with van der Waals surface area (Å²) in [4.78, 5) is 0. The fourth-order valence-corrected chi connectivity index (χ4v) is 3.84. The topological polar surface area (TPSA) is 79.2 Å². The Kier molecular flexibility index (Phi) is 7.38. The Bertz CT molecular complexity index is 663. The zero-order valence-electron chi connectivity index (χ0n) is 15.4. The van der Waals surface area contributed by atoms with Crippen LogP contribution in [0.1, 0.15) is 17.5 Å². The highest BCUT2D eigenvalue weighted by molar-refractivity contribution is 5.14. The van der Waals surface area contributed by atoms with Gasteiger partial charge in [0.15, 0.2) is 0 Å². The summed E-state index contributed by atoms with van der Waals surface area (Å²) in [5, 5.41) is 30.0. The Morgan fingerprint density at radius 3 is 2.11 bits per heavy atom. The molecular weight excluding hydrogens is 344 g/mol. The van der Waals surface area contributed by atoms with Crippen LogP contribution in [0.5, 0.6) is 0 Å². The molecule has 5 atom stereocenters. The van der Waals surface area contributed by atoms with Gasteiger partial charge in [-0.15, -0.1) is 0 Å². The van der Waals surface area contributed by atoms with Crippen LogP contribution in [0.25, 0.3) is 0 Å². The molecule has 5 heteroatoms. The minimum atomic E-state index is -0.990. The highest BCUT2D eigenvalue weighted by Gasteiger charge is 2.46. The third kappa shape index (κ3) is 5.37. The summed E-state index contributed by atoms with van der Waals surface area (Å²) in [7, 11) is 0. The summed E-state index contributed by atoms with van der Waals surface area (Å²) >= 11 is 0. The molecule has 1 fully saturated rings. The summed E-state index contributed by atoms with van der Waals surface area (Å²) in [6.07, 6.45) is -1.52. The van der Waals surface area contributed by atoms with Crippen LogP contribution in [0.4, 0.5) is 0 Å². The van der Waals surface area contributed by atoms with Crippen LogP contribution in [0.15, 0.2) is 60.7 Å². The van der Waals surface area contributed by atoms with Gasteiger partial charge in [-0.3, -0.25) is 0 Å². The van der Waals surface area contributed by atoms with Crippen molar-refractivity contribution in [2.45, 2.75) is 37.9 Å². The highest BCUT2D eigenvalue weighted by atomic mass is 16.5. The van der Waals surface area contributed by atoms with E-state index in [-0.39, 0.29) is 18.6 Å². The van der Waals surface area contributed by atoms with E-state index >= 15 is 0 Å². The zero-order chi connectivity index (χ0) is 19.1. The molecule has 0 aliphatic heterocycles. The van der Waals surface area contributed by atoms with Crippen molar-refractivity contribution in [3.8, 4) is 0 Å². The third-order valence-electron chi connectivity index (χ3n) is 5.25. The van der Waals surface area contributed by atoms with Crippen molar-refractivity contribution < 1.29 is 24.8 Å². The monoisotopic (exact) mass is 372 g/mol. The molecule has 2 unspecified atom stereocenters. The second kappa shape index (κ2) is 9.97. The van der Waals surface area contributed by atoms with E-state index in [1.165, 1.54) is 0 Å². The lowest BCUT2D eigenvalue weighted by atomic mass is 9.89. The quantitative estimate of drug-likeness (QED) is 0.629. The van der Waals surface area contributed by atoms with Crippen LogP contribution < -0.4 is 0 Å².